The highest BCUT2D eigenvalue weighted by atomic mass is 35.5. The van der Waals surface area contributed by atoms with E-state index in [4.69, 9.17) is 25.8 Å². The number of nitrogens with one attached hydrogen (secondary N) is 2. The Morgan fingerprint density at radius 1 is 1.00 bits per heavy atom. The molecule has 1 amide bonds. The summed E-state index contributed by atoms with van der Waals surface area (Å²) in [4.78, 5) is 12.5. The van der Waals surface area contributed by atoms with Crippen LogP contribution in [0.15, 0.2) is 53.4 Å². The monoisotopic (exact) mass is 456 g/mol. The Morgan fingerprint density at radius 2 is 1.60 bits per heavy atom. The van der Waals surface area contributed by atoms with E-state index < -0.39 is 22.4 Å². The lowest BCUT2D eigenvalue weighted by Crippen LogP contribution is -2.37. The topological polar surface area (TPSA) is 103 Å². The van der Waals surface area contributed by atoms with Crippen LogP contribution in [0.25, 0.3) is 0 Å². The minimum atomic E-state index is -3.90. The van der Waals surface area contributed by atoms with E-state index in [1.807, 2.05) is 0 Å². The lowest BCUT2D eigenvalue weighted by molar-refractivity contribution is -0.127. The van der Waals surface area contributed by atoms with E-state index in [2.05, 4.69) is 10.0 Å². The third kappa shape index (κ3) is 6.96. The van der Waals surface area contributed by atoms with E-state index in [1.165, 1.54) is 45.6 Å². The van der Waals surface area contributed by atoms with Crippen molar-refractivity contribution in [2.24, 2.45) is 0 Å². The lowest BCUT2D eigenvalue weighted by atomic mass is 10.0. The predicted molar refractivity (Wildman–Crippen MR) is 113 cm³/mol. The number of ether oxygens (including phenoxy) is 3. The van der Waals surface area contributed by atoms with Gasteiger partial charge in [-0.25, -0.2) is 13.1 Å². The van der Waals surface area contributed by atoms with Gasteiger partial charge < -0.3 is 19.5 Å². The molecule has 2 rings (SSSR count). The van der Waals surface area contributed by atoms with Crippen LogP contribution in [-0.2, 0) is 24.3 Å². The molecule has 0 aromatic heterocycles. The van der Waals surface area contributed by atoms with E-state index >= 15 is 0 Å². The van der Waals surface area contributed by atoms with Crippen LogP contribution in [0, 0.1) is 0 Å². The number of rotatable bonds is 11. The molecule has 0 aliphatic carbocycles. The maximum absolute atomic E-state index is 12.8. The SMILES string of the molecule is COc1ccc([C@H](CC(=O)NCC(OC)OC)NS(=O)(=O)c2ccc(Cl)cc2)cc1. The molecule has 0 aliphatic rings. The van der Waals surface area contributed by atoms with Crippen molar-refractivity contribution in [3.63, 3.8) is 0 Å². The first-order chi connectivity index (χ1) is 14.3. The van der Waals surface area contributed by atoms with Crippen LogP contribution >= 0.6 is 11.6 Å². The minimum Gasteiger partial charge on any atom is -0.497 e. The Kier molecular flexibility index (Phi) is 9.07. The van der Waals surface area contributed by atoms with Gasteiger partial charge in [0.05, 0.1) is 24.6 Å². The standard InChI is InChI=1S/C20H25ClN2O6S/c1-27-16-8-4-14(5-9-16)18(12-19(24)22-13-20(28-2)29-3)23-30(25,26)17-10-6-15(21)7-11-17/h4-11,18,20,23H,12-13H2,1-3H3,(H,22,24)/t18-/m0/s1. The number of carbonyl (C=O) groups excluding carboxylic acids is 1. The number of methoxy groups -OCH3 is 3. The Balaban J connectivity index is 2.22. The molecule has 1 atom stereocenters. The fourth-order valence-corrected chi connectivity index (χ4v) is 4.00. The molecule has 164 valence electrons. The van der Waals surface area contributed by atoms with Crippen LogP contribution in [0.1, 0.15) is 18.0 Å². The third-order valence-corrected chi connectivity index (χ3v) is 6.06. The van der Waals surface area contributed by atoms with Crippen LogP contribution in [-0.4, -0.2) is 48.5 Å². The summed E-state index contributed by atoms with van der Waals surface area (Å²) in [5, 5.41) is 3.10. The molecule has 0 saturated carbocycles. The van der Waals surface area contributed by atoms with Crippen LogP contribution in [0.2, 0.25) is 5.02 Å². The van der Waals surface area contributed by atoms with Crippen molar-refractivity contribution in [1.82, 2.24) is 10.0 Å². The normalized spacial score (nSPS) is 12.6. The molecule has 0 spiro atoms. The van der Waals surface area contributed by atoms with Crippen LogP contribution < -0.4 is 14.8 Å². The van der Waals surface area contributed by atoms with Crippen LogP contribution in [0.3, 0.4) is 0 Å². The van der Waals surface area contributed by atoms with E-state index in [-0.39, 0.29) is 23.8 Å². The van der Waals surface area contributed by atoms with Crippen LogP contribution in [0.4, 0.5) is 0 Å². The van der Waals surface area contributed by atoms with Gasteiger partial charge in [0.2, 0.25) is 15.9 Å². The smallest absolute Gasteiger partial charge is 0.241 e. The zero-order valence-electron chi connectivity index (χ0n) is 16.9. The summed E-state index contributed by atoms with van der Waals surface area (Å²) in [7, 11) is 0.555. The molecule has 0 unspecified atom stereocenters. The zero-order chi connectivity index (χ0) is 22.1. The number of hydrogen-bond acceptors (Lipinski definition) is 6. The van der Waals surface area contributed by atoms with E-state index in [1.54, 1.807) is 24.3 Å². The number of halogens is 1. The van der Waals surface area contributed by atoms with Crippen LogP contribution in [0.5, 0.6) is 5.75 Å². The Bertz CT molecular complexity index is 915. The second-order valence-corrected chi connectivity index (χ2v) is 8.46. The average Bonchev–Trinajstić information content (AvgIpc) is 2.74. The van der Waals surface area contributed by atoms with Gasteiger partial charge in [0.25, 0.3) is 0 Å². The molecular weight excluding hydrogens is 432 g/mol. The molecule has 30 heavy (non-hydrogen) atoms. The van der Waals surface area contributed by atoms with Gasteiger partial charge in [-0.1, -0.05) is 23.7 Å². The molecule has 0 heterocycles. The van der Waals surface area contributed by atoms with Crippen molar-refractivity contribution in [3.8, 4) is 5.75 Å². The average molecular weight is 457 g/mol. The van der Waals surface area contributed by atoms with E-state index in [0.717, 1.165) is 0 Å². The van der Waals surface area contributed by atoms with Crippen molar-refractivity contribution < 1.29 is 27.4 Å². The summed E-state index contributed by atoms with van der Waals surface area (Å²) in [5.74, 6) is 0.249. The number of amides is 1. The number of sulfonamides is 1. The Labute approximate surface area is 181 Å². The van der Waals surface area contributed by atoms with Gasteiger partial charge in [-0.3, -0.25) is 4.79 Å². The number of hydrogen-bond donors (Lipinski definition) is 2. The van der Waals surface area contributed by atoms with Crippen molar-refractivity contribution >= 4 is 27.5 Å². The summed E-state index contributed by atoms with van der Waals surface area (Å²) in [6, 6.07) is 11.8. The maximum atomic E-state index is 12.8. The van der Waals surface area contributed by atoms with Gasteiger partial charge in [0.1, 0.15) is 5.75 Å². The largest absolute Gasteiger partial charge is 0.497 e. The molecule has 0 aliphatic heterocycles. The highest BCUT2D eigenvalue weighted by Crippen LogP contribution is 2.23. The van der Waals surface area contributed by atoms with E-state index in [0.29, 0.717) is 16.3 Å². The molecule has 10 heteroatoms. The molecule has 0 fully saturated rings. The Morgan fingerprint density at radius 3 is 2.13 bits per heavy atom. The van der Waals surface area contributed by atoms with Crippen molar-refractivity contribution in [2.45, 2.75) is 23.6 Å². The minimum absolute atomic E-state index is 0.0460. The molecule has 2 aromatic carbocycles. The summed E-state index contributed by atoms with van der Waals surface area (Å²) < 4.78 is 43.5. The molecular formula is C20H25ClN2O6S. The fourth-order valence-electron chi connectivity index (χ4n) is 2.65. The molecule has 2 N–H and O–H groups in total. The quantitative estimate of drug-likeness (QED) is 0.503. The predicted octanol–water partition coefficient (Wildman–Crippen LogP) is 2.49. The molecule has 8 nitrogen and oxygen atoms in total. The molecule has 2 aromatic rings. The summed E-state index contributed by atoms with van der Waals surface area (Å²) >= 11 is 5.84. The second-order valence-electron chi connectivity index (χ2n) is 6.31. The third-order valence-electron chi connectivity index (χ3n) is 4.32. The molecule has 0 bridgehead atoms. The van der Waals surface area contributed by atoms with Crippen molar-refractivity contribution in [2.75, 3.05) is 27.9 Å². The zero-order valence-corrected chi connectivity index (χ0v) is 18.5. The summed E-state index contributed by atoms with van der Waals surface area (Å²) in [6.07, 6.45) is -0.724. The summed E-state index contributed by atoms with van der Waals surface area (Å²) in [6.45, 7) is 0.130. The fraction of sp³-hybridized carbons (Fsp3) is 0.350. The first-order valence-corrected chi connectivity index (χ1v) is 10.9. The van der Waals surface area contributed by atoms with Gasteiger partial charge in [0, 0.05) is 25.7 Å². The van der Waals surface area contributed by atoms with Gasteiger partial charge in [0.15, 0.2) is 6.29 Å². The van der Waals surface area contributed by atoms with Crippen molar-refractivity contribution in [3.05, 3.63) is 59.1 Å². The summed E-state index contributed by atoms with van der Waals surface area (Å²) in [5.41, 5.74) is 0.610. The van der Waals surface area contributed by atoms with Gasteiger partial charge in [-0.2, -0.15) is 0 Å². The lowest BCUT2D eigenvalue weighted by Gasteiger charge is -2.20. The molecule has 0 saturated heterocycles. The highest BCUT2D eigenvalue weighted by molar-refractivity contribution is 7.89. The second kappa shape index (κ2) is 11.3. The molecule has 0 radical (unpaired) electrons. The first-order valence-electron chi connectivity index (χ1n) is 9.03. The number of carbonyl (C=O) groups is 1. The highest BCUT2D eigenvalue weighted by Gasteiger charge is 2.24. The van der Waals surface area contributed by atoms with E-state index in [9.17, 15) is 13.2 Å². The van der Waals surface area contributed by atoms with Gasteiger partial charge in [-0.15, -0.1) is 0 Å². The Hall–Kier alpha value is -2.17. The number of benzene rings is 2. The van der Waals surface area contributed by atoms with Crippen molar-refractivity contribution in [1.29, 1.82) is 0 Å². The first kappa shape index (κ1) is 24.1. The van der Waals surface area contributed by atoms with Gasteiger partial charge >= 0.3 is 0 Å². The van der Waals surface area contributed by atoms with Gasteiger partial charge in [-0.05, 0) is 42.0 Å². The maximum Gasteiger partial charge on any atom is 0.241 e.